The van der Waals surface area contributed by atoms with Crippen LogP contribution in [0.25, 0.3) is 0 Å². The third kappa shape index (κ3) is 6.53. The first kappa shape index (κ1) is 27.1. The van der Waals surface area contributed by atoms with E-state index in [0.717, 1.165) is 14.2 Å². The van der Waals surface area contributed by atoms with Crippen molar-refractivity contribution in [3.63, 3.8) is 0 Å². The maximum atomic E-state index is 14.4. The van der Waals surface area contributed by atoms with E-state index in [1.807, 2.05) is 0 Å². The third-order valence-corrected chi connectivity index (χ3v) is 3.72. The van der Waals surface area contributed by atoms with Crippen LogP contribution in [0.3, 0.4) is 0 Å². The van der Waals surface area contributed by atoms with Gasteiger partial charge in [-0.05, 0) is 0 Å². The second kappa shape index (κ2) is 10.1. The first-order chi connectivity index (χ1) is 13.6. The van der Waals surface area contributed by atoms with Crippen LogP contribution >= 0.6 is 0 Å². The Kier molecular flexibility index (Phi) is 9.14. The van der Waals surface area contributed by atoms with Gasteiger partial charge in [0.2, 0.25) is 12.2 Å². The van der Waals surface area contributed by atoms with Gasteiger partial charge in [-0.2, -0.15) is 26.3 Å². The molecule has 0 bridgehead atoms. The number of halogens is 10. The lowest BCUT2D eigenvalue weighted by Crippen LogP contribution is -2.63. The number of rotatable bonds is 10. The molecular weight excluding hydrogens is 454 g/mol. The zero-order valence-electron chi connectivity index (χ0n) is 15.4. The molecule has 1 rings (SSSR count). The van der Waals surface area contributed by atoms with E-state index in [1.165, 1.54) is 0 Å². The van der Waals surface area contributed by atoms with Gasteiger partial charge in [-0.3, -0.25) is 0 Å². The Morgan fingerprint density at radius 1 is 0.700 bits per heavy atom. The molecule has 0 aromatic rings. The summed E-state index contributed by atoms with van der Waals surface area (Å²) in [5, 5.41) is 0. The summed E-state index contributed by atoms with van der Waals surface area (Å²) >= 11 is 0. The van der Waals surface area contributed by atoms with Crippen molar-refractivity contribution < 1.29 is 72.3 Å². The van der Waals surface area contributed by atoms with Crippen LogP contribution in [0.15, 0.2) is 0 Å². The highest BCUT2D eigenvalue weighted by molar-refractivity contribution is 4.97. The Labute approximate surface area is 163 Å². The fourth-order valence-corrected chi connectivity index (χ4v) is 2.42. The normalized spacial score (nSPS) is 24.0. The van der Waals surface area contributed by atoms with Crippen molar-refractivity contribution >= 4 is 0 Å². The minimum Gasteiger partial charge on any atom is -0.376 e. The van der Waals surface area contributed by atoms with Crippen LogP contribution < -0.4 is 0 Å². The predicted molar refractivity (Wildman–Crippen MR) is 75.0 cm³/mol. The van der Waals surface area contributed by atoms with Gasteiger partial charge < -0.3 is 28.4 Å². The fraction of sp³-hybridized carbons (Fsp3) is 1.00. The summed E-state index contributed by atoms with van der Waals surface area (Å²) in [7, 11) is 1.67. The zero-order valence-corrected chi connectivity index (χ0v) is 15.4. The van der Waals surface area contributed by atoms with E-state index in [0.29, 0.717) is 0 Å². The predicted octanol–water partition coefficient (Wildman–Crippen LogP) is 3.14. The van der Waals surface area contributed by atoms with Gasteiger partial charge in [0.25, 0.3) is 0 Å². The van der Waals surface area contributed by atoms with Crippen molar-refractivity contribution in [1.82, 2.24) is 0 Å². The highest BCUT2D eigenvalue weighted by atomic mass is 19.4. The standard InChI is InChI=1S/C14H18F10O6/c1-25-5-28-9(13(19,20)21)11(15,16)7-3-27-4-8(30-7)12(17,18)10(14(22,23)24)29-6-26-2/h7-10H,3-6H2,1-2H3. The number of hydrogen-bond donors (Lipinski definition) is 0. The maximum absolute atomic E-state index is 14.4. The number of methoxy groups -OCH3 is 2. The van der Waals surface area contributed by atoms with Crippen molar-refractivity contribution in [1.29, 1.82) is 0 Å². The molecule has 1 fully saturated rings. The summed E-state index contributed by atoms with van der Waals surface area (Å²) in [6.07, 6.45) is -25.2. The molecule has 6 nitrogen and oxygen atoms in total. The van der Waals surface area contributed by atoms with Crippen LogP contribution in [0, 0.1) is 0 Å². The average Bonchev–Trinajstić information content (AvgIpc) is 2.60. The summed E-state index contributed by atoms with van der Waals surface area (Å²) in [6, 6.07) is 0. The summed E-state index contributed by atoms with van der Waals surface area (Å²) in [5.41, 5.74) is 0. The molecule has 4 atom stereocenters. The van der Waals surface area contributed by atoms with Crippen LogP contribution in [0.2, 0.25) is 0 Å². The highest BCUT2D eigenvalue weighted by Gasteiger charge is 2.66. The van der Waals surface area contributed by atoms with Crippen molar-refractivity contribution in [2.45, 2.75) is 48.6 Å². The van der Waals surface area contributed by atoms with E-state index in [9.17, 15) is 43.9 Å². The molecule has 0 saturated carbocycles. The van der Waals surface area contributed by atoms with Gasteiger partial charge in [0.1, 0.15) is 25.8 Å². The SMILES string of the molecule is COCOC(C(F)(F)F)C(F)(F)C1COCC(C(F)(F)C(OCOC)C(F)(F)F)O1. The smallest absolute Gasteiger partial charge is 0.376 e. The molecule has 0 amide bonds. The number of hydrogen-bond acceptors (Lipinski definition) is 6. The van der Waals surface area contributed by atoms with E-state index in [4.69, 9.17) is 0 Å². The molecule has 1 saturated heterocycles. The van der Waals surface area contributed by atoms with Gasteiger partial charge in [-0.25, -0.2) is 17.6 Å². The van der Waals surface area contributed by atoms with Crippen molar-refractivity contribution in [2.75, 3.05) is 41.0 Å². The maximum Gasteiger partial charge on any atom is 0.420 e. The van der Waals surface area contributed by atoms with Gasteiger partial charge >= 0.3 is 24.2 Å². The van der Waals surface area contributed by atoms with Crippen LogP contribution in [0.5, 0.6) is 0 Å². The second-order valence-corrected chi connectivity index (χ2v) is 5.99. The van der Waals surface area contributed by atoms with Crippen LogP contribution in [-0.2, 0) is 28.4 Å². The molecule has 30 heavy (non-hydrogen) atoms. The molecule has 1 aliphatic heterocycles. The number of alkyl halides is 10. The lowest BCUT2D eigenvalue weighted by atomic mass is 10.0. The third-order valence-electron chi connectivity index (χ3n) is 3.72. The zero-order chi connectivity index (χ0) is 23.4. The van der Waals surface area contributed by atoms with E-state index >= 15 is 0 Å². The average molecular weight is 472 g/mol. The molecule has 180 valence electrons. The van der Waals surface area contributed by atoms with Crippen molar-refractivity contribution in [2.24, 2.45) is 0 Å². The molecule has 0 aromatic heterocycles. The summed E-state index contributed by atoms with van der Waals surface area (Å²) in [5.74, 6) is -10.0. The first-order valence-corrected chi connectivity index (χ1v) is 7.93. The van der Waals surface area contributed by atoms with Gasteiger partial charge in [0.15, 0.2) is 0 Å². The summed E-state index contributed by atoms with van der Waals surface area (Å²) in [4.78, 5) is 0. The van der Waals surface area contributed by atoms with E-state index < -0.39 is 75.4 Å². The Morgan fingerprint density at radius 2 is 1.03 bits per heavy atom. The van der Waals surface area contributed by atoms with Gasteiger partial charge in [-0.1, -0.05) is 0 Å². The lowest BCUT2D eigenvalue weighted by molar-refractivity contribution is -0.364. The van der Waals surface area contributed by atoms with Crippen LogP contribution in [-0.4, -0.2) is 89.6 Å². The van der Waals surface area contributed by atoms with Gasteiger partial charge in [0, 0.05) is 14.2 Å². The highest BCUT2D eigenvalue weighted by Crippen LogP contribution is 2.43. The number of ether oxygens (including phenoxy) is 6. The molecule has 0 radical (unpaired) electrons. The molecular formula is C14H18F10O6. The Bertz CT molecular complexity index is 482. The largest absolute Gasteiger partial charge is 0.420 e. The Hall–Kier alpha value is -0.940. The molecule has 0 spiro atoms. The minimum atomic E-state index is -5.70. The van der Waals surface area contributed by atoms with Gasteiger partial charge in [0.05, 0.1) is 13.2 Å². The molecule has 4 unspecified atom stereocenters. The fourth-order valence-electron chi connectivity index (χ4n) is 2.42. The lowest BCUT2D eigenvalue weighted by Gasteiger charge is -2.41. The molecule has 0 N–H and O–H groups in total. The quantitative estimate of drug-likeness (QED) is 0.360. The van der Waals surface area contributed by atoms with Crippen LogP contribution in [0.1, 0.15) is 0 Å². The molecule has 1 aliphatic rings. The van der Waals surface area contributed by atoms with E-state index in [1.54, 1.807) is 0 Å². The molecule has 16 heteroatoms. The van der Waals surface area contributed by atoms with Crippen molar-refractivity contribution in [3.8, 4) is 0 Å². The summed E-state index contributed by atoms with van der Waals surface area (Å²) in [6.45, 7) is -5.13. The van der Waals surface area contributed by atoms with Gasteiger partial charge in [-0.15, -0.1) is 0 Å². The minimum absolute atomic E-state index is 0.833. The van der Waals surface area contributed by atoms with E-state index in [-0.39, 0.29) is 0 Å². The molecule has 1 heterocycles. The topological polar surface area (TPSA) is 55.4 Å². The van der Waals surface area contributed by atoms with Crippen LogP contribution in [0.4, 0.5) is 43.9 Å². The molecule has 0 aromatic carbocycles. The monoisotopic (exact) mass is 472 g/mol. The molecule has 0 aliphatic carbocycles. The summed E-state index contributed by atoms with van der Waals surface area (Å²) < 4.78 is 160. The first-order valence-electron chi connectivity index (χ1n) is 7.93. The van der Waals surface area contributed by atoms with E-state index in [2.05, 4.69) is 28.4 Å². The second-order valence-electron chi connectivity index (χ2n) is 5.99. The van der Waals surface area contributed by atoms with Crippen molar-refractivity contribution in [3.05, 3.63) is 0 Å². The Morgan fingerprint density at radius 3 is 1.30 bits per heavy atom. The Balaban J connectivity index is 3.12.